The van der Waals surface area contributed by atoms with Gasteiger partial charge in [0, 0.05) is 31.0 Å². The summed E-state index contributed by atoms with van der Waals surface area (Å²) in [6.07, 6.45) is 8.32. The molecule has 2 aliphatic carbocycles. The molecule has 1 saturated carbocycles. The van der Waals surface area contributed by atoms with Gasteiger partial charge in [-0.3, -0.25) is 18.7 Å². The second-order valence-electron chi connectivity index (χ2n) is 9.94. The number of H-pyrrole nitrogens is 1. The molecule has 0 amide bonds. The Bertz CT molecular complexity index is 1600. The van der Waals surface area contributed by atoms with Crippen LogP contribution in [0.15, 0.2) is 50.9 Å². The SMILES string of the molecule is CCCn1c(=O)c2[nH]c([C@H]3C[C@H]4C=C[C@@H]3C4)nc2n(CCCCC(=O)c2ccc(S(=O)(=O)F)cc2)c1=O. The quantitative estimate of drug-likeness (QED) is 0.185. The van der Waals surface area contributed by atoms with Crippen molar-refractivity contribution in [1.29, 1.82) is 0 Å². The zero-order valence-electron chi connectivity index (χ0n) is 20.5. The van der Waals surface area contributed by atoms with Crippen LogP contribution in [0.2, 0.25) is 0 Å². The van der Waals surface area contributed by atoms with E-state index in [1.807, 2.05) is 6.92 Å². The lowest BCUT2D eigenvalue weighted by atomic mass is 9.93. The van der Waals surface area contributed by atoms with Gasteiger partial charge in [0.25, 0.3) is 5.56 Å². The fourth-order valence-electron chi connectivity index (χ4n) is 5.58. The smallest absolute Gasteiger partial charge is 0.332 e. The highest BCUT2D eigenvalue weighted by molar-refractivity contribution is 7.86. The van der Waals surface area contributed by atoms with Gasteiger partial charge >= 0.3 is 15.9 Å². The third-order valence-corrected chi connectivity index (χ3v) is 8.29. The molecule has 1 fully saturated rings. The van der Waals surface area contributed by atoms with Crippen LogP contribution in [0, 0.1) is 11.8 Å². The zero-order chi connectivity index (χ0) is 26.3. The summed E-state index contributed by atoms with van der Waals surface area (Å²) in [5, 5.41) is 0. The predicted molar refractivity (Wildman–Crippen MR) is 136 cm³/mol. The van der Waals surface area contributed by atoms with Crippen molar-refractivity contribution in [1.82, 2.24) is 19.1 Å². The van der Waals surface area contributed by atoms with Crippen LogP contribution in [0.1, 0.15) is 67.5 Å². The largest absolute Gasteiger partial charge is 0.336 e. The monoisotopic (exact) mass is 528 g/mol. The molecule has 1 N–H and O–H groups in total. The highest BCUT2D eigenvalue weighted by Crippen LogP contribution is 2.48. The summed E-state index contributed by atoms with van der Waals surface area (Å²) in [6.45, 7) is 2.51. The van der Waals surface area contributed by atoms with Crippen molar-refractivity contribution in [2.45, 2.75) is 69.4 Å². The zero-order valence-corrected chi connectivity index (χ0v) is 21.3. The van der Waals surface area contributed by atoms with E-state index in [9.17, 15) is 26.7 Å². The average molecular weight is 529 g/mol. The first-order chi connectivity index (χ1) is 17.7. The van der Waals surface area contributed by atoms with Gasteiger partial charge in [-0.2, -0.15) is 8.42 Å². The number of rotatable bonds is 10. The lowest BCUT2D eigenvalue weighted by Gasteiger charge is -2.14. The number of Topliss-reactive ketones (excluding diaryl/α,β-unsaturated/α-hetero) is 1. The van der Waals surface area contributed by atoms with Crippen molar-refractivity contribution < 1.29 is 17.1 Å². The highest BCUT2D eigenvalue weighted by atomic mass is 32.3. The summed E-state index contributed by atoms with van der Waals surface area (Å²) < 4.78 is 37.8. The Kier molecular flexibility index (Phi) is 6.74. The lowest BCUT2D eigenvalue weighted by molar-refractivity contribution is 0.0979. The second-order valence-corrected chi connectivity index (χ2v) is 11.3. The molecule has 196 valence electrons. The first-order valence-electron chi connectivity index (χ1n) is 12.7. The standard InChI is InChI=1S/C26H29FN4O5S/c1-2-12-31-25(33)22-24(29-23(28-22)20-15-16-6-7-18(20)14-16)30(26(31)34)13-4-3-5-21(32)17-8-10-19(11-9-17)37(27,35)36/h6-11,16,18,20H,2-5,12-15H2,1H3,(H,28,29)/t16-,18+,20-/m0/s1. The average Bonchev–Trinajstić information content (AvgIpc) is 3.61. The number of ketones is 1. The van der Waals surface area contributed by atoms with E-state index in [1.165, 1.54) is 21.3 Å². The maximum atomic E-state index is 13.2. The maximum Gasteiger partial charge on any atom is 0.332 e. The Morgan fingerprint density at radius 2 is 1.84 bits per heavy atom. The van der Waals surface area contributed by atoms with Crippen molar-refractivity contribution in [3.63, 3.8) is 0 Å². The van der Waals surface area contributed by atoms with Gasteiger partial charge in [-0.1, -0.05) is 31.2 Å². The van der Waals surface area contributed by atoms with Gasteiger partial charge in [-0.15, -0.1) is 3.89 Å². The van der Waals surface area contributed by atoms with Crippen molar-refractivity contribution in [3.8, 4) is 0 Å². The van der Waals surface area contributed by atoms with E-state index in [4.69, 9.17) is 4.98 Å². The van der Waals surface area contributed by atoms with Gasteiger partial charge in [0.1, 0.15) is 11.3 Å². The molecule has 0 unspecified atom stereocenters. The molecule has 2 aromatic heterocycles. The third-order valence-electron chi connectivity index (χ3n) is 7.45. The van der Waals surface area contributed by atoms with Gasteiger partial charge in [0.15, 0.2) is 11.4 Å². The molecule has 11 heteroatoms. The van der Waals surface area contributed by atoms with E-state index >= 15 is 0 Å². The molecule has 0 aliphatic heterocycles. The molecule has 1 aromatic carbocycles. The minimum Gasteiger partial charge on any atom is -0.336 e. The molecule has 3 atom stereocenters. The van der Waals surface area contributed by atoms with E-state index in [0.29, 0.717) is 60.9 Å². The van der Waals surface area contributed by atoms with E-state index in [2.05, 4.69) is 17.1 Å². The molecule has 5 rings (SSSR count). The summed E-state index contributed by atoms with van der Waals surface area (Å²) in [5.74, 6) is 1.69. The number of benzene rings is 1. The van der Waals surface area contributed by atoms with Gasteiger partial charge in [-0.05, 0) is 56.1 Å². The molecule has 0 saturated heterocycles. The van der Waals surface area contributed by atoms with E-state index < -0.39 is 20.8 Å². The number of carbonyl (C=O) groups is 1. The minimum atomic E-state index is -4.82. The number of hydrogen-bond acceptors (Lipinski definition) is 6. The number of unbranched alkanes of at least 4 members (excludes halogenated alkanes) is 1. The summed E-state index contributed by atoms with van der Waals surface area (Å²) in [6, 6.07) is 4.72. The van der Waals surface area contributed by atoms with Crippen LogP contribution in [0.3, 0.4) is 0 Å². The summed E-state index contributed by atoms with van der Waals surface area (Å²) in [7, 11) is -4.82. The van der Waals surface area contributed by atoms with Gasteiger partial charge in [0.2, 0.25) is 0 Å². The second kappa shape index (κ2) is 9.85. The summed E-state index contributed by atoms with van der Waals surface area (Å²) >= 11 is 0. The van der Waals surface area contributed by atoms with E-state index in [0.717, 1.165) is 30.8 Å². The summed E-state index contributed by atoms with van der Waals surface area (Å²) in [5.41, 5.74) is 0.233. The number of nitrogens with one attached hydrogen (secondary N) is 1. The van der Waals surface area contributed by atoms with E-state index in [1.54, 1.807) is 0 Å². The number of imidazole rings is 1. The molecule has 2 bridgehead atoms. The number of aryl methyl sites for hydroxylation is 1. The van der Waals surface area contributed by atoms with Crippen molar-refractivity contribution in [2.75, 3.05) is 0 Å². The Morgan fingerprint density at radius 3 is 2.46 bits per heavy atom. The molecule has 37 heavy (non-hydrogen) atoms. The van der Waals surface area contributed by atoms with Crippen LogP contribution in [0.5, 0.6) is 0 Å². The number of allylic oxidation sites excluding steroid dienone is 2. The van der Waals surface area contributed by atoms with Crippen LogP contribution < -0.4 is 11.2 Å². The Morgan fingerprint density at radius 1 is 1.08 bits per heavy atom. The minimum absolute atomic E-state index is 0.178. The van der Waals surface area contributed by atoms with E-state index in [-0.39, 0.29) is 23.7 Å². The lowest BCUT2D eigenvalue weighted by Crippen LogP contribution is -2.40. The van der Waals surface area contributed by atoms with Crippen LogP contribution in [0.4, 0.5) is 3.89 Å². The number of carbonyl (C=O) groups excluding carboxylic acids is 1. The first kappa shape index (κ1) is 25.3. The Labute approximate surface area is 213 Å². The number of halogens is 1. The molecule has 0 radical (unpaired) electrons. The first-order valence-corrected chi connectivity index (χ1v) is 14.0. The highest BCUT2D eigenvalue weighted by Gasteiger charge is 2.38. The van der Waals surface area contributed by atoms with Gasteiger partial charge < -0.3 is 4.98 Å². The molecular weight excluding hydrogens is 499 g/mol. The van der Waals surface area contributed by atoms with Crippen LogP contribution in [-0.4, -0.2) is 33.3 Å². The summed E-state index contributed by atoms with van der Waals surface area (Å²) in [4.78, 5) is 46.3. The number of fused-ring (bicyclic) bond motifs is 3. The molecule has 3 aromatic rings. The number of aromatic amines is 1. The van der Waals surface area contributed by atoms with Gasteiger partial charge in [-0.25, -0.2) is 9.78 Å². The fourth-order valence-corrected chi connectivity index (χ4v) is 6.04. The van der Waals surface area contributed by atoms with Gasteiger partial charge in [0.05, 0.1) is 4.90 Å². The maximum absolute atomic E-state index is 13.2. The van der Waals surface area contributed by atoms with Crippen molar-refractivity contribution in [2.24, 2.45) is 11.8 Å². The predicted octanol–water partition coefficient (Wildman–Crippen LogP) is 3.69. The molecule has 2 aliphatic rings. The third kappa shape index (κ3) is 4.84. The normalized spacial score (nSPS) is 20.8. The number of nitrogens with zero attached hydrogens (tertiary/aromatic N) is 3. The molecule has 9 nitrogen and oxygen atoms in total. The number of hydrogen-bond donors (Lipinski definition) is 1. The van der Waals surface area contributed by atoms with Crippen molar-refractivity contribution >= 4 is 27.2 Å². The molecular formula is C26H29FN4O5S. The molecule has 0 spiro atoms. The number of aromatic nitrogens is 4. The van der Waals surface area contributed by atoms with Crippen LogP contribution >= 0.6 is 0 Å². The van der Waals surface area contributed by atoms with Crippen LogP contribution in [-0.2, 0) is 23.3 Å². The topological polar surface area (TPSA) is 124 Å². The molecule has 2 heterocycles. The fraction of sp³-hybridized carbons (Fsp3) is 0.462. The van der Waals surface area contributed by atoms with Crippen molar-refractivity contribution in [3.05, 3.63) is 68.6 Å². The Balaban J connectivity index is 1.34. The Hall–Kier alpha value is -3.34. The van der Waals surface area contributed by atoms with Crippen LogP contribution in [0.25, 0.3) is 11.2 Å².